The highest BCUT2D eigenvalue weighted by Crippen LogP contribution is 2.30. The van der Waals surface area contributed by atoms with Crippen LogP contribution in [0.25, 0.3) is 0 Å². The van der Waals surface area contributed by atoms with Gasteiger partial charge in [-0.2, -0.15) is 8.78 Å². The highest BCUT2D eigenvalue weighted by Gasteiger charge is 2.23. The number of hydrogen-bond donors (Lipinski definition) is 1. The number of methoxy groups -OCH3 is 1. The Hall–Kier alpha value is -1.11. The topological polar surface area (TPSA) is 47.7 Å². The third kappa shape index (κ3) is 5.79. The summed E-state index contributed by atoms with van der Waals surface area (Å²) < 4.78 is 34.5. The Morgan fingerprint density at radius 2 is 2.09 bits per heavy atom. The maximum Gasteiger partial charge on any atom is 0.387 e. The number of benzene rings is 1. The Balaban J connectivity index is 0.00000264. The number of ether oxygens (including phenoxy) is 2. The van der Waals surface area contributed by atoms with Crippen LogP contribution in [0.3, 0.4) is 0 Å². The van der Waals surface area contributed by atoms with E-state index in [1.807, 2.05) is 13.0 Å². The fraction of sp³-hybridized carbons (Fsp3) is 0.625. The largest absolute Gasteiger partial charge is 0.493 e. The molecule has 0 spiro atoms. The minimum absolute atomic E-state index is 0. The Kier molecular flexibility index (Phi) is 8.02. The molecule has 0 amide bonds. The molecule has 0 radical (unpaired) electrons. The Morgan fingerprint density at radius 1 is 1.35 bits per heavy atom. The summed E-state index contributed by atoms with van der Waals surface area (Å²) in [5, 5.41) is 0. The van der Waals surface area contributed by atoms with Crippen molar-refractivity contribution in [3.05, 3.63) is 23.8 Å². The molecule has 7 heteroatoms. The van der Waals surface area contributed by atoms with Crippen molar-refractivity contribution in [3.63, 3.8) is 0 Å². The van der Waals surface area contributed by atoms with Crippen molar-refractivity contribution < 1.29 is 18.3 Å². The van der Waals surface area contributed by atoms with E-state index >= 15 is 0 Å². The van der Waals surface area contributed by atoms with E-state index in [-0.39, 0.29) is 24.2 Å². The summed E-state index contributed by atoms with van der Waals surface area (Å²) in [6.45, 7) is 1.82. The molecule has 0 aliphatic carbocycles. The van der Waals surface area contributed by atoms with Gasteiger partial charge in [-0.15, -0.1) is 12.4 Å². The van der Waals surface area contributed by atoms with Crippen molar-refractivity contribution in [2.24, 2.45) is 11.7 Å². The molecule has 0 aromatic heterocycles. The minimum atomic E-state index is -2.86. The SMILES string of the molecule is COc1ccc(CN2CCCC(C(C)N)C2)cc1OC(F)F.Cl. The van der Waals surface area contributed by atoms with Crippen LogP contribution in [-0.2, 0) is 6.54 Å². The second kappa shape index (κ2) is 9.25. The second-order valence-electron chi connectivity index (χ2n) is 5.86. The fourth-order valence-corrected chi connectivity index (χ4v) is 2.93. The van der Waals surface area contributed by atoms with Gasteiger partial charge in [0.2, 0.25) is 0 Å². The third-order valence-electron chi connectivity index (χ3n) is 4.14. The maximum absolute atomic E-state index is 12.5. The standard InChI is InChI=1S/C16H24F2N2O2.ClH/c1-11(19)13-4-3-7-20(10-13)9-12-5-6-14(21-2)15(8-12)22-16(17)18;/h5-6,8,11,13,16H,3-4,7,9-10,19H2,1-2H3;1H. The van der Waals surface area contributed by atoms with Crippen LogP contribution >= 0.6 is 12.4 Å². The van der Waals surface area contributed by atoms with Crippen LogP contribution in [-0.4, -0.2) is 37.8 Å². The van der Waals surface area contributed by atoms with Gasteiger partial charge in [-0.25, -0.2) is 0 Å². The van der Waals surface area contributed by atoms with Gasteiger partial charge in [-0.1, -0.05) is 6.07 Å². The van der Waals surface area contributed by atoms with Gasteiger partial charge in [-0.3, -0.25) is 4.90 Å². The first-order valence-electron chi connectivity index (χ1n) is 7.59. The number of rotatable bonds is 6. The van der Waals surface area contributed by atoms with E-state index in [2.05, 4.69) is 9.64 Å². The van der Waals surface area contributed by atoms with E-state index in [1.54, 1.807) is 12.1 Å². The summed E-state index contributed by atoms with van der Waals surface area (Å²) in [6.07, 6.45) is 2.26. The van der Waals surface area contributed by atoms with Gasteiger partial charge in [0.1, 0.15) is 0 Å². The number of piperidine rings is 1. The lowest BCUT2D eigenvalue weighted by atomic mass is 9.92. The molecular formula is C16H25ClF2N2O2. The maximum atomic E-state index is 12.5. The molecule has 2 N–H and O–H groups in total. The van der Waals surface area contributed by atoms with Crippen molar-refractivity contribution in [1.29, 1.82) is 0 Å². The fourth-order valence-electron chi connectivity index (χ4n) is 2.93. The van der Waals surface area contributed by atoms with Crippen molar-refractivity contribution in [2.45, 2.75) is 39.0 Å². The summed E-state index contributed by atoms with van der Waals surface area (Å²) in [6, 6.07) is 5.35. The molecule has 4 nitrogen and oxygen atoms in total. The molecule has 0 saturated carbocycles. The smallest absolute Gasteiger partial charge is 0.387 e. The Morgan fingerprint density at radius 3 is 2.70 bits per heavy atom. The van der Waals surface area contributed by atoms with E-state index in [0.717, 1.165) is 31.5 Å². The highest BCUT2D eigenvalue weighted by molar-refractivity contribution is 5.85. The van der Waals surface area contributed by atoms with Crippen molar-refractivity contribution in [2.75, 3.05) is 20.2 Å². The third-order valence-corrected chi connectivity index (χ3v) is 4.14. The van der Waals surface area contributed by atoms with Crippen LogP contribution in [0, 0.1) is 5.92 Å². The number of likely N-dealkylation sites (tertiary alicyclic amines) is 1. The lowest BCUT2D eigenvalue weighted by molar-refractivity contribution is -0.0512. The zero-order valence-corrected chi connectivity index (χ0v) is 14.3. The van der Waals surface area contributed by atoms with E-state index in [0.29, 0.717) is 18.2 Å². The zero-order valence-electron chi connectivity index (χ0n) is 13.5. The summed E-state index contributed by atoms with van der Waals surface area (Å²) >= 11 is 0. The molecule has 2 unspecified atom stereocenters. The van der Waals surface area contributed by atoms with Crippen molar-refractivity contribution in [1.82, 2.24) is 4.90 Å². The van der Waals surface area contributed by atoms with Crippen LogP contribution in [0.4, 0.5) is 8.78 Å². The molecule has 1 aromatic rings. The summed E-state index contributed by atoms with van der Waals surface area (Å²) in [7, 11) is 1.44. The molecule has 1 aliphatic rings. The number of hydrogen-bond acceptors (Lipinski definition) is 4. The molecule has 132 valence electrons. The van der Waals surface area contributed by atoms with Crippen LogP contribution in [0.1, 0.15) is 25.3 Å². The zero-order chi connectivity index (χ0) is 16.1. The Bertz CT molecular complexity index is 489. The van der Waals surface area contributed by atoms with Crippen molar-refractivity contribution >= 4 is 12.4 Å². The van der Waals surface area contributed by atoms with Gasteiger partial charge in [0.05, 0.1) is 7.11 Å². The minimum Gasteiger partial charge on any atom is -0.493 e. The van der Waals surface area contributed by atoms with Gasteiger partial charge >= 0.3 is 6.61 Å². The van der Waals surface area contributed by atoms with Crippen LogP contribution in [0.2, 0.25) is 0 Å². The summed E-state index contributed by atoms with van der Waals surface area (Å²) in [5.74, 6) is 0.885. The lowest BCUT2D eigenvalue weighted by Gasteiger charge is -2.34. The van der Waals surface area contributed by atoms with Gasteiger partial charge in [0.25, 0.3) is 0 Å². The predicted molar refractivity (Wildman–Crippen MR) is 88.5 cm³/mol. The molecule has 23 heavy (non-hydrogen) atoms. The molecule has 1 saturated heterocycles. The number of nitrogens with two attached hydrogens (primary N) is 1. The molecule has 0 bridgehead atoms. The van der Waals surface area contributed by atoms with Crippen LogP contribution in [0.15, 0.2) is 18.2 Å². The Labute approximate surface area is 142 Å². The van der Waals surface area contributed by atoms with Gasteiger partial charge in [-0.05, 0) is 49.9 Å². The number of halogens is 3. The predicted octanol–water partition coefficient (Wildman–Crippen LogP) is 3.28. The molecule has 2 atom stereocenters. The first-order chi connectivity index (χ1) is 10.5. The molecule has 1 aliphatic heterocycles. The lowest BCUT2D eigenvalue weighted by Crippen LogP contribution is -2.41. The van der Waals surface area contributed by atoms with E-state index in [4.69, 9.17) is 10.5 Å². The van der Waals surface area contributed by atoms with E-state index in [9.17, 15) is 8.78 Å². The first-order valence-corrected chi connectivity index (χ1v) is 7.59. The quantitative estimate of drug-likeness (QED) is 0.855. The molecule has 1 heterocycles. The molecule has 2 rings (SSSR count). The van der Waals surface area contributed by atoms with E-state index in [1.165, 1.54) is 7.11 Å². The van der Waals surface area contributed by atoms with Gasteiger partial charge < -0.3 is 15.2 Å². The second-order valence-corrected chi connectivity index (χ2v) is 5.86. The average Bonchev–Trinajstić information content (AvgIpc) is 2.47. The van der Waals surface area contributed by atoms with Crippen molar-refractivity contribution in [3.8, 4) is 11.5 Å². The van der Waals surface area contributed by atoms with E-state index < -0.39 is 6.61 Å². The summed E-state index contributed by atoms with van der Waals surface area (Å²) in [5.41, 5.74) is 6.93. The molecule has 1 fully saturated rings. The highest BCUT2D eigenvalue weighted by atomic mass is 35.5. The average molecular weight is 351 g/mol. The first kappa shape index (κ1) is 19.9. The van der Waals surface area contributed by atoms with Crippen LogP contribution < -0.4 is 15.2 Å². The van der Waals surface area contributed by atoms with Crippen LogP contribution in [0.5, 0.6) is 11.5 Å². The number of nitrogens with zero attached hydrogens (tertiary/aromatic N) is 1. The monoisotopic (exact) mass is 350 g/mol. The normalized spacial score (nSPS) is 20.0. The van der Waals surface area contributed by atoms with Gasteiger partial charge in [0, 0.05) is 19.1 Å². The number of alkyl halides is 2. The summed E-state index contributed by atoms with van der Waals surface area (Å²) in [4.78, 5) is 2.31. The van der Waals surface area contributed by atoms with Gasteiger partial charge in [0.15, 0.2) is 11.5 Å². The molecule has 1 aromatic carbocycles. The molecular weight excluding hydrogens is 326 g/mol.